The van der Waals surface area contributed by atoms with Crippen LogP contribution in [0.2, 0.25) is 0 Å². The SMILES string of the molecule is CC(C)C(C)SC(c1ccc(Br)s1)C(C)N. The third-order valence-electron chi connectivity index (χ3n) is 2.65. The molecule has 1 aromatic heterocycles. The first kappa shape index (κ1) is 14.6. The smallest absolute Gasteiger partial charge is 0.0701 e. The van der Waals surface area contributed by atoms with E-state index >= 15 is 0 Å². The highest BCUT2D eigenvalue weighted by atomic mass is 79.9. The fourth-order valence-corrected chi connectivity index (χ4v) is 4.39. The molecule has 0 aromatic carbocycles. The molecule has 4 heteroatoms. The number of halogens is 1. The van der Waals surface area contributed by atoms with Crippen molar-refractivity contribution in [1.82, 2.24) is 0 Å². The minimum Gasteiger partial charge on any atom is -0.327 e. The molecule has 0 saturated carbocycles. The van der Waals surface area contributed by atoms with Gasteiger partial charge in [0, 0.05) is 16.2 Å². The van der Waals surface area contributed by atoms with Gasteiger partial charge in [-0.2, -0.15) is 0 Å². The largest absolute Gasteiger partial charge is 0.327 e. The van der Waals surface area contributed by atoms with Crippen LogP contribution in [0, 0.1) is 5.92 Å². The minimum absolute atomic E-state index is 0.191. The van der Waals surface area contributed by atoms with Crippen molar-refractivity contribution in [3.05, 3.63) is 20.8 Å². The van der Waals surface area contributed by atoms with Crippen LogP contribution in [0.25, 0.3) is 0 Å². The summed E-state index contributed by atoms with van der Waals surface area (Å²) in [6, 6.07) is 4.48. The molecule has 0 radical (unpaired) electrons. The van der Waals surface area contributed by atoms with Crippen LogP contribution in [0.15, 0.2) is 15.9 Å². The van der Waals surface area contributed by atoms with Gasteiger partial charge in [0.25, 0.3) is 0 Å². The molecular weight excluding hydrogens is 302 g/mol. The lowest BCUT2D eigenvalue weighted by atomic mass is 10.1. The molecule has 0 aliphatic heterocycles. The third kappa shape index (κ3) is 4.06. The van der Waals surface area contributed by atoms with E-state index in [4.69, 9.17) is 5.73 Å². The normalized spacial score (nSPS) is 17.4. The molecule has 1 nitrogen and oxygen atoms in total. The molecule has 0 aliphatic rings. The number of hydrogen-bond donors (Lipinski definition) is 1. The second-order valence-corrected chi connectivity index (χ2v) is 8.53. The second-order valence-electron chi connectivity index (χ2n) is 4.51. The fourth-order valence-electron chi connectivity index (χ4n) is 1.32. The van der Waals surface area contributed by atoms with Crippen molar-refractivity contribution in [3.63, 3.8) is 0 Å². The Morgan fingerprint density at radius 2 is 1.88 bits per heavy atom. The zero-order chi connectivity index (χ0) is 12.3. The standard InChI is InChI=1S/C12H20BrNS2/c1-7(2)9(4)15-12(8(3)14)10-5-6-11(13)16-10/h5-9,12H,14H2,1-4H3. The molecule has 0 aliphatic carbocycles. The maximum atomic E-state index is 6.10. The van der Waals surface area contributed by atoms with E-state index in [1.54, 1.807) is 11.3 Å². The van der Waals surface area contributed by atoms with Crippen molar-refractivity contribution in [2.75, 3.05) is 0 Å². The van der Waals surface area contributed by atoms with Gasteiger partial charge in [0.15, 0.2) is 0 Å². The highest BCUT2D eigenvalue weighted by Gasteiger charge is 2.22. The molecule has 1 aromatic rings. The van der Waals surface area contributed by atoms with Crippen molar-refractivity contribution in [3.8, 4) is 0 Å². The van der Waals surface area contributed by atoms with Gasteiger partial charge in [0.05, 0.1) is 9.04 Å². The average Bonchev–Trinajstić information content (AvgIpc) is 2.59. The maximum absolute atomic E-state index is 6.10. The Balaban J connectivity index is 2.76. The molecule has 92 valence electrons. The molecule has 0 spiro atoms. The number of nitrogens with two attached hydrogens (primary N) is 1. The predicted octanol–water partition coefficient (Wildman–Crippen LogP) is 4.68. The van der Waals surface area contributed by atoms with E-state index in [0.29, 0.717) is 16.4 Å². The summed E-state index contributed by atoms with van der Waals surface area (Å²) in [5.74, 6) is 0.689. The van der Waals surface area contributed by atoms with E-state index < -0.39 is 0 Å². The summed E-state index contributed by atoms with van der Waals surface area (Å²) in [5, 5.41) is 1.05. The van der Waals surface area contributed by atoms with E-state index in [1.807, 2.05) is 11.8 Å². The molecule has 3 atom stereocenters. The first-order chi connectivity index (χ1) is 7.41. The van der Waals surface area contributed by atoms with Crippen molar-refractivity contribution in [1.29, 1.82) is 0 Å². The first-order valence-electron chi connectivity index (χ1n) is 5.58. The topological polar surface area (TPSA) is 26.0 Å². The van der Waals surface area contributed by atoms with Crippen LogP contribution in [-0.4, -0.2) is 11.3 Å². The Morgan fingerprint density at radius 3 is 2.25 bits per heavy atom. The lowest BCUT2D eigenvalue weighted by Crippen LogP contribution is -2.24. The summed E-state index contributed by atoms with van der Waals surface area (Å²) >= 11 is 7.30. The van der Waals surface area contributed by atoms with Gasteiger partial charge in [-0.1, -0.05) is 20.8 Å². The Labute approximate surface area is 115 Å². The van der Waals surface area contributed by atoms with Crippen LogP contribution in [0.5, 0.6) is 0 Å². The number of hydrogen-bond acceptors (Lipinski definition) is 3. The third-order valence-corrected chi connectivity index (χ3v) is 6.46. The molecule has 0 amide bonds. The molecular formula is C12H20BrNS2. The lowest BCUT2D eigenvalue weighted by Gasteiger charge is -2.25. The van der Waals surface area contributed by atoms with Gasteiger partial charge >= 0.3 is 0 Å². The summed E-state index contributed by atoms with van der Waals surface area (Å²) in [7, 11) is 0. The summed E-state index contributed by atoms with van der Waals surface area (Å²) in [6.45, 7) is 8.91. The van der Waals surface area contributed by atoms with Gasteiger partial charge in [-0.25, -0.2) is 0 Å². The van der Waals surface area contributed by atoms with Crippen LogP contribution in [0.1, 0.15) is 37.8 Å². The van der Waals surface area contributed by atoms with E-state index in [9.17, 15) is 0 Å². The minimum atomic E-state index is 0.191. The molecule has 1 heterocycles. The number of thioether (sulfide) groups is 1. The van der Waals surface area contributed by atoms with E-state index in [1.165, 1.54) is 8.66 Å². The van der Waals surface area contributed by atoms with Gasteiger partial charge in [-0.3, -0.25) is 0 Å². The quantitative estimate of drug-likeness (QED) is 0.852. The van der Waals surface area contributed by atoms with E-state index in [2.05, 4.69) is 55.8 Å². The van der Waals surface area contributed by atoms with Crippen LogP contribution in [0.3, 0.4) is 0 Å². The van der Waals surface area contributed by atoms with Crippen LogP contribution in [-0.2, 0) is 0 Å². The van der Waals surface area contributed by atoms with E-state index in [0.717, 1.165) is 0 Å². The highest BCUT2D eigenvalue weighted by Crippen LogP contribution is 2.40. The van der Waals surface area contributed by atoms with Gasteiger partial charge in [-0.15, -0.1) is 23.1 Å². The van der Waals surface area contributed by atoms with Crippen molar-refractivity contribution in [2.24, 2.45) is 11.7 Å². The van der Waals surface area contributed by atoms with Gasteiger partial charge in [0.1, 0.15) is 0 Å². The highest BCUT2D eigenvalue weighted by molar-refractivity contribution is 9.11. The van der Waals surface area contributed by atoms with Crippen LogP contribution in [0.4, 0.5) is 0 Å². The summed E-state index contributed by atoms with van der Waals surface area (Å²) in [4.78, 5) is 1.37. The van der Waals surface area contributed by atoms with Gasteiger partial charge in [-0.05, 0) is 40.9 Å². The zero-order valence-corrected chi connectivity index (χ0v) is 13.5. The monoisotopic (exact) mass is 321 g/mol. The molecule has 2 N–H and O–H groups in total. The summed E-state index contributed by atoms with van der Waals surface area (Å²) in [5.41, 5.74) is 6.10. The van der Waals surface area contributed by atoms with Crippen molar-refractivity contribution in [2.45, 2.75) is 44.2 Å². The fraction of sp³-hybridized carbons (Fsp3) is 0.667. The molecule has 1 rings (SSSR count). The van der Waals surface area contributed by atoms with Gasteiger partial charge < -0.3 is 5.73 Å². The summed E-state index contributed by atoms with van der Waals surface area (Å²) in [6.07, 6.45) is 0. The number of thiophene rings is 1. The number of rotatable bonds is 5. The molecule has 0 bridgehead atoms. The second kappa shape index (κ2) is 6.43. The zero-order valence-electron chi connectivity index (χ0n) is 10.2. The molecule has 16 heavy (non-hydrogen) atoms. The van der Waals surface area contributed by atoms with E-state index in [-0.39, 0.29) is 6.04 Å². The molecule has 0 saturated heterocycles. The van der Waals surface area contributed by atoms with Crippen molar-refractivity contribution >= 4 is 39.0 Å². The lowest BCUT2D eigenvalue weighted by molar-refractivity contribution is 0.632. The Hall–Kier alpha value is 0.490. The van der Waals surface area contributed by atoms with Crippen LogP contribution >= 0.6 is 39.0 Å². The van der Waals surface area contributed by atoms with Crippen molar-refractivity contribution < 1.29 is 0 Å². The maximum Gasteiger partial charge on any atom is 0.0701 e. The summed E-state index contributed by atoms with van der Waals surface area (Å²) < 4.78 is 1.19. The average molecular weight is 322 g/mol. The Morgan fingerprint density at radius 1 is 1.25 bits per heavy atom. The Bertz CT molecular complexity index is 323. The molecule has 3 unspecified atom stereocenters. The van der Waals surface area contributed by atoms with Gasteiger partial charge in [0.2, 0.25) is 0 Å². The first-order valence-corrected chi connectivity index (χ1v) is 8.13. The Kier molecular flexibility index (Phi) is 5.85. The molecule has 0 fully saturated rings. The van der Waals surface area contributed by atoms with Crippen LogP contribution < -0.4 is 5.73 Å². The predicted molar refractivity (Wildman–Crippen MR) is 80.3 cm³/mol.